The van der Waals surface area contributed by atoms with E-state index in [0.29, 0.717) is 19.5 Å². The van der Waals surface area contributed by atoms with Gasteiger partial charge in [-0.1, -0.05) is 26.2 Å². The molecule has 0 heterocycles. The van der Waals surface area contributed by atoms with Gasteiger partial charge in [0.25, 0.3) is 5.91 Å². The summed E-state index contributed by atoms with van der Waals surface area (Å²) >= 11 is 0. The third kappa shape index (κ3) is 7.62. The van der Waals surface area contributed by atoms with Crippen LogP contribution in [0.25, 0.3) is 6.08 Å². The van der Waals surface area contributed by atoms with Gasteiger partial charge in [-0.25, -0.2) is 4.79 Å². The Balaban J connectivity index is 3.17. The summed E-state index contributed by atoms with van der Waals surface area (Å²) < 4.78 is 9.84. The number of aromatic hydroxyl groups is 1. The van der Waals surface area contributed by atoms with Crippen LogP contribution in [0.4, 0.5) is 10.5 Å². The molecule has 1 aromatic rings. The number of nitro benzene ring substituents is 1. The number of likely N-dealkylation sites (N-methyl/N-ethyl adjacent to an activating group) is 1. The summed E-state index contributed by atoms with van der Waals surface area (Å²) in [6, 6.07) is 3.87. The van der Waals surface area contributed by atoms with Gasteiger partial charge in [-0.2, -0.15) is 5.26 Å². The molecule has 1 N–H and O–H groups in total. The summed E-state index contributed by atoms with van der Waals surface area (Å²) in [7, 11) is 0. The zero-order valence-corrected chi connectivity index (χ0v) is 17.9. The van der Waals surface area contributed by atoms with Crippen LogP contribution >= 0.6 is 0 Å². The Bertz CT molecular complexity index is 870. The highest BCUT2D eigenvalue weighted by Gasteiger charge is 2.23. The molecule has 10 nitrogen and oxygen atoms in total. The lowest BCUT2D eigenvalue weighted by Gasteiger charge is -2.17. The molecule has 10 heteroatoms. The zero-order valence-electron chi connectivity index (χ0n) is 17.9. The van der Waals surface area contributed by atoms with Gasteiger partial charge >= 0.3 is 11.8 Å². The van der Waals surface area contributed by atoms with Gasteiger partial charge in [0.15, 0.2) is 5.75 Å². The molecule has 0 atom stereocenters. The first-order valence-electron chi connectivity index (χ1n) is 10.1. The maximum atomic E-state index is 12.4. The van der Waals surface area contributed by atoms with Gasteiger partial charge < -0.3 is 19.5 Å². The number of phenolic OH excluding ortho intramolecular Hbond substituents is 1. The van der Waals surface area contributed by atoms with Crippen LogP contribution in [0.15, 0.2) is 17.7 Å². The van der Waals surface area contributed by atoms with Crippen LogP contribution in [-0.4, -0.2) is 46.7 Å². The number of carbonyl (C=O) groups excluding carboxylic acids is 2. The summed E-state index contributed by atoms with van der Waals surface area (Å²) in [5.74, 6) is -1.91. The number of rotatable bonds is 11. The predicted molar refractivity (Wildman–Crippen MR) is 112 cm³/mol. The monoisotopic (exact) mass is 433 g/mol. The van der Waals surface area contributed by atoms with Crippen molar-refractivity contribution in [2.75, 3.05) is 19.7 Å². The number of amides is 1. The van der Waals surface area contributed by atoms with Crippen molar-refractivity contribution in [1.29, 1.82) is 5.26 Å². The number of hydrogen-bond acceptors (Lipinski definition) is 8. The fraction of sp³-hybridized carbons (Fsp3) is 0.476. The van der Waals surface area contributed by atoms with E-state index < -0.39 is 34.2 Å². The average molecular weight is 433 g/mol. The molecule has 0 spiro atoms. The molecule has 0 aromatic heterocycles. The van der Waals surface area contributed by atoms with E-state index >= 15 is 0 Å². The summed E-state index contributed by atoms with van der Waals surface area (Å²) in [4.78, 5) is 36.2. The third-order valence-corrected chi connectivity index (χ3v) is 4.40. The summed E-state index contributed by atoms with van der Waals surface area (Å²) in [5, 5.41) is 30.7. The molecule has 0 unspecified atom stereocenters. The molecule has 1 aromatic carbocycles. The Hall–Kier alpha value is -3.61. The van der Waals surface area contributed by atoms with E-state index in [1.54, 1.807) is 19.9 Å². The number of nitriles is 1. The predicted octanol–water partition coefficient (Wildman–Crippen LogP) is 4.17. The Labute approximate surface area is 180 Å². The van der Waals surface area contributed by atoms with E-state index in [9.17, 15) is 30.1 Å². The van der Waals surface area contributed by atoms with Gasteiger partial charge in [-0.05, 0) is 38.0 Å². The molecule has 0 radical (unpaired) electrons. The molecular formula is C21H27N3O7. The van der Waals surface area contributed by atoms with Crippen molar-refractivity contribution < 1.29 is 29.1 Å². The number of benzene rings is 1. The average Bonchev–Trinajstić information content (AvgIpc) is 2.74. The van der Waals surface area contributed by atoms with E-state index in [1.807, 2.05) is 6.92 Å². The van der Waals surface area contributed by atoms with E-state index in [1.165, 1.54) is 4.90 Å². The molecule has 1 amide bonds. The number of carbonyl (C=O) groups is 2. The van der Waals surface area contributed by atoms with Gasteiger partial charge in [0, 0.05) is 19.2 Å². The molecule has 0 aliphatic heterocycles. The number of ether oxygens (including phenoxy) is 2. The third-order valence-electron chi connectivity index (χ3n) is 4.40. The Morgan fingerprint density at radius 2 is 1.90 bits per heavy atom. The van der Waals surface area contributed by atoms with E-state index in [4.69, 9.17) is 9.47 Å². The fourth-order valence-electron chi connectivity index (χ4n) is 2.71. The van der Waals surface area contributed by atoms with Crippen LogP contribution < -0.4 is 4.74 Å². The molecule has 0 fully saturated rings. The van der Waals surface area contributed by atoms with Crippen molar-refractivity contribution in [1.82, 2.24) is 4.90 Å². The van der Waals surface area contributed by atoms with Crippen LogP contribution in [0.1, 0.15) is 52.0 Å². The molecule has 0 aliphatic carbocycles. The highest BCUT2D eigenvalue weighted by atomic mass is 16.7. The minimum Gasteiger partial charge on any atom is -0.499 e. The van der Waals surface area contributed by atoms with Crippen LogP contribution in [0.3, 0.4) is 0 Å². The molecule has 0 saturated heterocycles. The van der Waals surface area contributed by atoms with E-state index in [-0.39, 0.29) is 17.7 Å². The number of phenols is 1. The molecule has 0 bridgehead atoms. The molecule has 31 heavy (non-hydrogen) atoms. The maximum Gasteiger partial charge on any atom is 0.513 e. The number of hydrogen-bond donors (Lipinski definition) is 1. The summed E-state index contributed by atoms with van der Waals surface area (Å²) in [5.41, 5.74) is -0.965. The second-order valence-corrected chi connectivity index (χ2v) is 6.55. The largest absolute Gasteiger partial charge is 0.513 e. The normalized spacial score (nSPS) is 10.8. The lowest BCUT2D eigenvalue weighted by molar-refractivity contribution is -0.385. The molecule has 168 valence electrons. The van der Waals surface area contributed by atoms with Crippen LogP contribution in [0, 0.1) is 21.4 Å². The first-order chi connectivity index (χ1) is 14.8. The molecule has 0 saturated carbocycles. The Morgan fingerprint density at radius 1 is 1.23 bits per heavy atom. The lowest BCUT2D eigenvalue weighted by Crippen LogP contribution is -2.31. The quantitative estimate of drug-likeness (QED) is 0.104. The van der Waals surface area contributed by atoms with Crippen molar-refractivity contribution in [3.63, 3.8) is 0 Å². The van der Waals surface area contributed by atoms with Crippen molar-refractivity contribution in [2.24, 2.45) is 0 Å². The zero-order chi connectivity index (χ0) is 23.4. The van der Waals surface area contributed by atoms with Crippen molar-refractivity contribution in [2.45, 2.75) is 46.5 Å². The van der Waals surface area contributed by atoms with Crippen molar-refractivity contribution >= 4 is 23.8 Å². The van der Waals surface area contributed by atoms with Crippen LogP contribution in [0.2, 0.25) is 0 Å². The summed E-state index contributed by atoms with van der Waals surface area (Å²) in [6.45, 7) is 6.41. The molecular weight excluding hydrogens is 406 g/mol. The molecule has 1 rings (SSSR count). The van der Waals surface area contributed by atoms with Crippen LogP contribution in [0.5, 0.6) is 11.5 Å². The highest BCUT2D eigenvalue weighted by molar-refractivity contribution is 6.01. The highest BCUT2D eigenvalue weighted by Crippen LogP contribution is 2.38. The second-order valence-electron chi connectivity index (χ2n) is 6.55. The smallest absolute Gasteiger partial charge is 0.499 e. The van der Waals surface area contributed by atoms with E-state index in [0.717, 1.165) is 37.5 Å². The Kier molecular flexibility index (Phi) is 10.5. The van der Waals surface area contributed by atoms with Crippen molar-refractivity contribution in [3.8, 4) is 17.6 Å². The molecule has 0 aliphatic rings. The number of nitrogens with zero attached hydrogens (tertiary/aromatic N) is 3. The number of unbranched alkanes of at least 4 members (excludes halogenated alkanes) is 3. The first kappa shape index (κ1) is 25.4. The van der Waals surface area contributed by atoms with Gasteiger partial charge in [0.1, 0.15) is 11.6 Å². The van der Waals surface area contributed by atoms with Crippen LogP contribution in [-0.2, 0) is 9.53 Å². The minimum atomic E-state index is -1.12. The Morgan fingerprint density at radius 3 is 2.45 bits per heavy atom. The minimum absolute atomic E-state index is 0.0345. The first-order valence-corrected chi connectivity index (χ1v) is 10.1. The summed E-state index contributed by atoms with van der Waals surface area (Å²) in [6.07, 6.45) is 3.53. The topological polar surface area (TPSA) is 143 Å². The maximum absolute atomic E-state index is 12.4. The van der Waals surface area contributed by atoms with Gasteiger partial charge in [-0.3, -0.25) is 14.9 Å². The fourth-order valence-corrected chi connectivity index (χ4v) is 2.71. The van der Waals surface area contributed by atoms with Gasteiger partial charge in [0.2, 0.25) is 5.75 Å². The lowest BCUT2D eigenvalue weighted by atomic mass is 10.1. The SMILES string of the molecule is CCCCCCOC(=O)Oc1cc(C=C(C#N)C(=O)N(CC)CC)cc([N+](=O)[O-])c1O. The second kappa shape index (κ2) is 12.8. The standard InChI is InChI=1S/C21H27N3O7/c1-4-7-8-9-10-30-21(27)31-18-13-15(12-17(19(18)25)24(28)29)11-16(14-22)20(26)23(5-2)6-3/h11-13,25H,4-10H2,1-3H3. The van der Waals surface area contributed by atoms with Crippen molar-refractivity contribution in [3.05, 3.63) is 33.4 Å². The van der Waals surface area contributed by atoms with Gasteiger partial charge in [0.05, 0.1) is 11.5 Å². The van der Waals surface area contributed by atoms with Gasteiger partial charge in [-0.15, -0.1) is 0 Å². The van der Waals surface area contributed by atoms with E-state index in [2.05, 4.69) is 0 Å². The number of nitro groups is 1.